The van der Waals surface area contributed by atoms with Gasteiger partial charge in [0.25, 0.3) is 0 Å². The van der Waals surface area contributed by atoms with Gasteiger partial charge in [-0.1, -0.05) is 12.1 Å². The molecule has 0 unspecified atom stereocenters. The topological polar surface area (TPSA) is 52.2 Å². The van der Waals surface area contributed by atoms with Crippen LogP contribution in [-0.4, -0.2) is 12.1 Å². The number of halogens is 3. The Hall–Kier alpha value is -1.72. The molecule has 1 aromatic carbocycles. The van der Waals surface area contributed by atoms with Crippen LogP contribution in [0.2, 0.25) is 0 Å². The average molecular weight is 204 g/mol. The summed E-state index contributed by atoms with van der Waals surface area (Å²) in [4.78, 5) is 10.4. The van der Waals surface area contributed by atoms with Crippen molar-refractivity contribution >= 4 is 11.6 Å². The van der Waals surface area contributed by atoms with Crippen LogP contribution in [0.1, 0.15) is 0 Å². The zero-order chi connectivity index (χ0) is 10.8. The van der Waals surface area contributed by atoms with Gasteiger partial charge in [-0.2, -0.15) is 13.2 Å². The van der Waals surface area contributed by atoms with Gasteiger partial charge in [-0.15, -0.1) is 5.75 Å². The molecule has 0 bridgehead atoms. The second kappa shape index (κ2) is 3.57. The molecule has 0 radical (unpaired) electrons. The van der Waals surface area contributed by atoms with Gasteiger partial charge in [-0.05, 0) is 12.1 Å². The van der Waals surface area contributed by atoms with Crippen molar-refractivity contribution in [1.82, 2.24) is 0 Å². The van der Waals surface area contributed by atoms with Gasteiger partial charge in [0.2, 0.25) is 0 Å². The van der Waals surface area contributed by atoms with Gasteiger partial charge in [0.15, 0.2) is 0 Å². The van der Waals surface area contributed by atoms with Crippen molar-refractivity contribution in [3.8, 4) is 5.75 Å². The maximum Gasteiger partial charge on any atom is 0.471 e. The molecule has 0 heterocycles. The Kier molecular flexibility index (Phi) is 2.64. The molecule has 0 spiro atoms. The Bertz CT molecular complexity index is 331. The first-order valence-corrected chi connectivity index (χ1v) is 3.55. The molecule has 1 aromatic rings. The minimum Gasteiger partial charge on any atom is -0.872 e. The minimum absolute atomic E-state index is 0.0630. The minimum atomic E-state index is -4.92. The van der Waals surface area contributed by atoms with Crippen LogP contribution in [0.5, 0.6) is 5.75 Å². The van der Waals surface area contributed by atoms with Crippen molar-refractivity contribution in [2.75, 3.05) is 5.32 Å². The number of alkyl halides is 3. The van der Waals surface area contributed by atoms with E-state index in [1.54, 1.807) is 5.32 Å². The lowest BCUT2D eigenvalue weighted by molar-refractivity contribution is -0.268. The second-order valence-corrected chi connectivity index (χ2v) is 2.48. The summed E-state index contributed by atoms with van der Waals surface area (Å²) >= 11 is 0. The third-order valence-corrected chi connectivity index (χ3v) is 1.37. The molecule has 3 nitrogen and oxygen atoms in total. The molecule has 0 atom stereocenters. The molecule has 1 amide bonds. The van der Waals surface area contributed by atoms with Crippen molar-refractivity contribution in [3.63, 3.8) is 0 Å². The van der Waals surface area contributed by atoms with Crippen LogP contribution in [0.4, 0.5) is 18.9 Å². The predicted molar refractivity (Wildman–Crippen MR) is 40.6 cm³/mol. The van der Waals surface area contributed by atoms with Crippen molar-refractivity contribution in [2.24, 2.45) is 0 Å². The zero-order valence-corrected chi connectivity index (χ0v) is 6.76. The van der Waals surface area contributed by atoms with Gasteiger partial charge in [0.05, 0.1) is 0 Å². The summed E-state index contributed by atoms with van der Waals surface area (Å²) in [5.74, 6) is -2.40. The molecule has 0 saturated carbocycles. The van der Waals surface area contributed by atoms with E-state index >= 15 is 0 Å². The second-order valence-electron chi connectivity index (χ2n) is 2.48. The lowest BCUT2D eigenvalue weighted by Crippen LogP contribution is -2.29. The van der Waals surface area contributed by atoms with Crippen molar-refractivity contribution in [2.45, 2.75) is 6.18 Å². The third-order valence-electron chi connectivity index (χ3n) is 1.37. The van der Waals surface area contributed by atoms with E-state index in [-0.39, 0.29) is 11.4 Å². The molecule has 1 N–H and O–H groups in total. The van der Waals surface area contributed by atoms with E-state index in [1.807, 2.05) is 0 Å². The highest BCUT2D eigenvalue weighted by molar-refractivity contribution is 5.94. The van der Waals surface area contributed by atoms with E-state index in [0.29, 0.717) is 0 Å². The fourth-order valence-electron chi connectivity index (χ4n) is 0.740. The zero-order valence-electron chi connectivity index (χ0n) is 6.76. The standard InChI is InChI=1S/C8H6F3NO2/c9-8(10,11)7(14)12-5-1-3-6(13)4-2-5/h1-4,13H,(H,12,14)/p-1. The third kappa shape index (κ3) is 2.65. The van der Waals surface area contributed by atoms with Crippen LogP contribution >= 0.6 is 0 Å². The number of nitrogens with one attached hydrogen (secondary N) is 1. The average Bonchev–Trinajstić information content (AvgIpc) is 2.07. The van der Waals surface area contributed by atoms with Crippen molar-refractivity contribution in [3.05, 3.63) is 24.3 Å². The number of carbonyl (C=O) groups is 1. The first-order valence-electron chi connectivity index (χ1n) is 3.55. The van der Waals surface area contributed by atoms with E-state index in [0.717, 1.165) is 24.3 Å². The Morgan fingerprint density at radius 1 is 1.21 bits per heavy atom. The highest BCUT2D eigenvalue weighted by Crippen LogP contribution is 2.18. The molecular weight excluding hydrogens is 199 g/mol. The number of rotatable bonds is 1. The lowest BCUT2D eigenvalue weighted by atomic mass is 10.3. The molecular formula is C8H5F3NO2-. The molecule has 1 rings (SSSR count). The maximum absolute atomic E-state index is 11.7. The smallest absolute Gasteiger partial charge is 0.471 e. The van der Waals surface area contributed by atoms with Crippen molar-refractivity contribution in [1.29, 1.82) is 0 Å². The van der Waals surface area contributed by atoms with Crippen LogP contribution in [0, 0.1) is 0 Å². The van der Waals surface area contributed by atoms with Gasteiger partial charge in [-0.25, -0.2) is 0 Å². The molecule has 0 fully saturated rings. The first kappa shape index (κ1) is 10.4. The number of hydrogen-bond donors (Lipinski definition) is 1. The van der Waals surface area contributed by atoms with E-state index in [2.05, 4.69) is 0 Å². The van der Waals surface area contributed by atoms with E-state index in [4.69, 9.17) is 0 Å². The quantitative estimate of drug-likeness (QED) is 0.748. The molecule has 14 heavy (non-hydrogen) atoms. The molecule has 6 heteroatoms. The first-order chi connectivity index (χ1) is 6.39. The number of carbonyl (C=O) groups excluding carboxylic acids is 1. The van der Waals surface area contributed by atoms with E-state index in [1.165, 1.54) is 0 Å². The van der Waals surface area contributed by atoms with Crippen LogP contribution in [0.15, 0.2) is 24.3 Å². The van der Waals surface area contributed by atoms with Gasteiger partial charge < -0.3 is 10.4 Å². The predicted octanol–water partition coefficient (Wildman–Crippen LogP) is 1.26. The molecule has 0 aliphatic rings. The number of hydrogen-bond acceptors (Lipinski definition) is 2. The van der Waals surface area contributed by atoms with Gasteiger partial charge >= 0.3 is 12.1 Å². The lowest BCUT2D eigenvalue weighted by Gasteiger charge is -2.09. The summed E-state index contributed by atoms with van der Waals surface area (Å²) in [7, 11) is 0. The Balaban J connectivity index is 2.71. The Labute approximate surface area is 77.2 Å². The molecule has 0 saturated heterocycles. The van der Waals surface area contributed by atoms with Crippen molar-refractivity contribution < 1.29 is 23.1 Å². The van der Waals surface area contributed by atoms with Gasteiger partial charge in [0.1, 0.15) is 0 Å². The highest BCUT2D eigenvalue weighted by atomic mass is 19.4. The number of amides is 1. The van der Waals surface area contributed by atoms with E-state index in [9.17, 15) is 23.1 Å². The Morgan fingerprint density at radius 2 is 1.71 bits per heavy atom. The monoisotopic (exact) mass is 204 g/mol. The summed E-state index contributed by atoms with van der Waals surface area (Å²) in [6, 6.07) is 4.33. The summed E-state index contributed by atoms with van der Waals surface area (Å²) < 4.78 is 35.2. The summed E-state index contributed by atoms with van der Waals surface area (Å²) in [6.45, 7) is 0. The highest BCUT2D eigenvalue weighted by Gasteiger charge is 2.38. The summed E-state index contributed by atoms with van der Waals surface area (Å²) in [5, 5.41) is 12.2. The fraction of sp³-hybridized carbons (Fsp3) is 0.125. The normalized spacial score (nSPS) is 11.1. The number of benzene rings is 1. The summed E-state index contributed by atoms with van der Waals surface area (Å²) in [6.07, 6.45) is -4.92. The molecule has 0 aliphatic heterocycles. The Morgan fingerprint density at radius 3 is 2.14 bits per heavy atom. The molecule has 76 valence electrons. The summed E-state index contributed by atoms with van der Waals surface area (Å²) in [5.41, 5.74) is -0.0630. The fourth-order valence-corrected chi connectivity index (χ4v) is 0.740. The molecule has 0 aliphatic carbocycles. The molecule has 0 aromatic heterocycles. The van der Waals surface area contributed by atoms with Crippen LogP contribution < -0.4 is 10.4 Å². The largest absolute Gasteiger partial charge is 0.872 e. The van der Waals surface area contributed by atoms with Gasteiger partial charge in [-0.3, -0.25) is 4.79 Å². The van der Waals surface area contributed by atoms with Gasteiger partial charge in [0, 0.05) is 5.69 Å². The van der Waals surface area contributed by atoms with Crippen LogP contribution in [0.3, 0.4) is 0 Å². The number of anilines is 1. The SMILES string of the molecule is O=C(Nc1ccc([O-])cc1)C(F)(F)F. The maximum atomic E-state index is 11.7. The van der Waals surface area contributed by atoms with E-state index < -0.39 is 12.1 Å². The van der Waals surface area contributed by atoms with Crippen LogP contribution in [-0.2, 0) is 4.79 Å². The van der Waals surface area contributed by atoms with Crippen LogP contribution in [0.25, 0.3) is 0 Å².